The summed E-state index contributed by atoms with van der Waals surface area (Å²) >= 11 is 0. The molecule has 17 unspecified atom stereocenters. The van der Waals surface area contributed by atoms with Crippen LogP contribution in [-0.2, 0) is 33.2 Å². The minimum Gasteiger partial charge on any atom is -0.394 e. The second-order valence-corrected chi connectivity index (χ2v) is 26.7. The molecule has 3 heterocycles. The van der Waals surface area contributed by atoms with E-state index in [1.54, 1.807) is 6.08 Å². The van der Waals surface area contributed by atoms with Crippen LogP contribution in [0.4, 0.5) is 0 Å². The molecule has 3 rings (SSSR count). The van der Waals surface area contributed by atoms with E-state index in [1.807, 2.05) is 6.08 Å². The molecule has 97 heavy (non-hydrogen) atoms. The van der Waals surface area contributed by atoms with E-state index in [-0.39, 0.29) is 18.9 Å². The molecule has 12 N–H and O–H groups in total. The third-order valence-corrected chi connectivity index (χ3v) is 18.4. The number of carbonyl (C=O) groups excluding carboxylic acids is 1. The van der Waals surface area contributed by atoms with Crippen LogP contribution >= 0.6 is 0 Å². The molecule has 560 valence electrons. The van der Waals surface area contributed by atoms with E-state index >= 15 is 0 Å². The third-order valence-electron chi connectivity index (χ3n) is 18.4. The smallest absolute Gasteiger partial charge is 0.220 e. The minimum atomic E-state index is -1.98. The van der Waals surface area contributed by atoms with Gasteiger partial charge in [0.15, 0.2) is 18.9 Å². The molecule has 0 radical (unpaired) electrons. The number of rotatable bonds is 58. The zero-order valence-electron chi connectivity index (χ0n) is 59.5. The van der Waals surface area contributed by atoms with Crippen molar-refractivity contribution in [2.45, 2.75) is 362 Å². The highest BCUT2D eigenvalue weighted by atomic mass is 16.8. The molecule has 19 heteroatoms. The second-order valence-electron chi connectivity index (χ2n) is 26.7. The van der Waals surface area contributed by atoms with Gasteiger partial charge in [-0.3, -0.25) is 4.79 Å². The van der Waals surface area contributed by atoms with Crippen LogP contribution in [0.5, 0.6) is 0 Å². The van der Waals surface area contributed by atoms with Crippen molar-refractivity contribution in [3.63, 3.8) is 0 Å². The molecule has 0 spiro atoms. The quantitative estimate of drug-likeness (QED) is 0.0199. The zero-order chi connectivity index (χ0) is 70.4. The Morgan fingerprint density at radius 2 is 0.722 bits per heavy atom. The summed E-state index contributed by atoms with van der Waals surface area (Å²) in [6.07, 6.45) is 51.5. The lowest BCUT2D eigenvalue weighted by atomic mass is 9.96. The van der Waals surface area contributed by atoms with E-state index < -0.39 is 124 Å². The summed E-state index contributed by atoms with van der Waals surface area (Å²) in [6, 6.07) is -0.991. The lowest BCUT2D eigenvalue weighted by Gasteiger charge is -2.48. The standard InChI is InChI=1S/C78H135NO18/c1-3-5-7-9-11-13-15-16-17-18-19-20-21-22-23-24-25-26-27-28-29-30-31-32-33-34-35-36-37-38-39-40-41-42-43-44-46-48-50-52-54-56-66(84)79-61(62(83)55-53-51-49-47-45-14-12-10-8-6-4-2)60-92-76-72(90)69(87)74(64(58-81)94-76)97-78-73(91)70(88)75(65(59-82)95-78)96-77-71(89)68(86)67(85)63(57-80)93-77/h5,7,11,13,16-17,19-20,22-23,25-26,45,47,53,55,61-65,67-78,80-83,85-91H,3-4,6,8-10,12,14-15,18,21,24,27-44,46,48-52,54,56-60H2,1-2H3,(H,79,84)/b7-5-,13-11-,17-16-,20-19-,23-22-,26-25-,47-45+,55-53+. The number of carbonyl (C=O) groups is 1. The Hall–Kier alpha value is -3.29. The van der Waals surface area contributed by atoms with Crippen LogP contribution in [0.15, 0.2) is 97.2 Å². The summed E-state index contributed by atoms with van der Waals surface area (Å²) in [4.78, 5) is 13.4. The second kappa shape index (κ2) is 58.2. The van der Waals surface area contributed by atoms with Crippen LogP contribution in [-0.4, -0.2) is 193 Å². The number of hydrogen-bond acceptors (Lipinski definition) is 18. The number of amides is 1. The first kappa shape index (κ1) is 87.9. The summed E-state index contributed by atoms with van der Waals surface area (Å²) in [7, 11) is 0. The maximum absolute atomic E-state index is 13.4. The van der Waals surface area contributed by atoms with E-state index in [2.05, 4.69) is 104 Å². The van der Waals surface area contributed by atoms with Gasteiger partial charge >= 0.3 is 0 Å². The fourth-order valence-electron chi connectivity index (χ4n) is 12.3. The number of aliphatic hydroxyl groups is 11. The number of nitrogens with one attached hydrogen (secondary N) is 1. The summed E-state index contributed by atoms with van der Waals surface area (Å²) in [5.41, 5.74) is 0. The van der Waals surface area contributed by atoms with Crippen molar-refractivity contribution < 1.29 is 89.4 Å². The normalized spacial score (nSPS) is 27.5. The van der Waals surface area contributed by atoms with Gasteiger partial charge in [-0.15, -0.1) is 0 Å². The summed E-state index contributed by atoms with van der Waals surface area (Å²) in [5, 5.41) is 120. The molecule has 3 fully saturated rings. The first-order chi connectivity index (χ1) is 47.3. The van der Waals surface area contributed by atoms with Crippen molar-refractivity contribution in [3.8, 4) is 0 Å². The molecule has 19 nitrogen and oxygen atoms in total. The fourth-order valence-corrected chi connectivity index (χ4v) is 12.3. The van der Waals surface area contributed by atoms with Gasteiger partial charge in [-0.25, -0.2) is 0 Å². The number of allylic oxidation sites excluding steroid dienone is 15. The molecule has 3 saturated heterocycles. The largest absolute Gasteiger partial charge is 0.394 e. The lowest BCUT2D eigenvalue weighted by Crippen LogP contribution is -2.66. The van der Waals surface area contributed by atoms with Gasteiger partial charge < -0.3 is 89.9 Å². The van der Waals surface area contributed by atoms with Crippen molar-refractivity contribution in [2.24, 2.45) is 0 Å². The molecule has 0 saturated carbocycles. The first-order valence-electron chi connectivity index (χ1n) is 38.0. The van der Waals surface area contributed by atoms with Gasteiger partial charge in [0.25, 0.3) is 0 Å². The van der Waals surface area contributed by atoms with Crippen LogP contribution in [0.1, 0.15) is 258 Å². The molecule has 3 aliphatic heterocycles. The third kappa shape index (κ3) is 39.1. The SMILES string of the molecule is CC/C=C\C/C=C\C/C=C\C/C=C\C/C=C\C/C=C\CCCCCCCCCCCCCCCCCCCCCCCCC(=O)NC(COC1OC(CO)C(OC2OC(CO)C(OC3OC(CO)C(O)C(O)C3O)C(O)C2O)C(O)C1O)C(O)/C=C/CC/C=C/CCCCCCC. The number of ether oxygens (including phenoxy) is 6. The Morgan fingerprint density at radius 3 is 1.15 bits per heavy atom. The van der Waals surface area contributed by atoms with Gasteiger partial charge in [0, 0.05) is 6.42 Å². The highest BCUT2D eigenvalue weighted by Gasteiger charge is 2.53. The van der Waals surface area contributed by atoms with E-state index in [0.29, 0.717) is 12.8 Å². The highest BCUT2D eigenvalue weighted by molar-refractivity contribution is 5.76. The van der Waals surface area contributed by atoms with Gasteiger partial charge in [-0.1, -0.05) is 265 Å². The van der Waals surface area contributed by atoms with Gasteiger partial charge in [0.05, 0.1) is 38.6 Å². The number of unbranched alkanes of at least 4 members (excludes halogenated alkanes) is 28. The van der Waals surface area contributed by atoms with Crippen molar-refractivity contribution in [2.75, 3.05) is 26.4 Å². The summed E-state index contributed by atoms with van der Waals surface area (Å²) < 4.78 is 34.3. The average molecular weight is 1370 g/mol. The summed E-state index contributed by atoms with van der Waals surface area (Å²) in [6.45, 7) is 1.56. The van der Waals surface area contributed by atoms with E-state index in [4.69, 9.17) is 28.4 Å². The van der Waals surface area contributed by atoms with Gasteiger partial charge in [-0.05, 0) is 83.5 Å². The average Bonchev–Trinajstić information content (AvgIpc) is 0.790. The molecular formula is C78H135NO18. The fraction of sp³-hybridized carbons (Fsp3) is 0.782. The number of aliphatic hydroxyl groups excluding tert-OH is 11. The van der Waals surface area contributed by atoms with Gasteiger partial charge in [-0.2, -0.15) is 0 Å². The lowest BCUT2D eigenvalue weighted by molar-refractivity contribution is -0.379. The number of hydrogen-bond donors (Lipinski definition) is 12. The molecular weight excluding hydrogens is 1240 g/mol. The summed E-state index contributed by atoms with van der Waals surface area (Å²) in [5.74, 6) is -0.286. The monoisotopic (exact) mass is 1370 g/mol. The molecule has 0 aromatic heterocycles. The molecule has 0 aromatic rings. The Kier molecular flexibility index (Phi) is 52.8. The van der Waals surface area contributed by atoms with Crippen LogP contribution in [0.3, 0.4) is 0 Å². The predicted molar refractivity (Wildman–Crippen MR) is 383 cm³/mol. The zero-order valence-corrected chi connectivity index (χ0v) is 59.5. The topological polar surface area (TPSA) is 307 Å². The highest BCUT2D eigenvalue weighted by Crippen LogP contribution is 2.33. The van der Waals surface area contributed by atoms with E-state index in [0.717, 1.165) is 77.0 Å². The van der Waals surface area contributed by atoms with Gasteiger partial charge in [0.2, 0.25) is 5.91 Å². The van der Waals surface area contributed by atoms with Crippen molar-refractivity contribution in [3.05, 3.63) is 97.2 Å². The molecule has 17 atom stereocenters. The predicted octanol–water partition coefficient (Wildman–Crippen LogP) is 11.6. The molecule has 1 amide bonds. The minimum absolute atomic E-state index is 0.234. The Morgan fingerprint density at radius 1 is 0.381 bits per heavy atom. The van der Waals surface area contributed by atoms with Crippen molar-refractivity contribution >= 4 is 5.91 Å². The maximum atomic E-state index is 13.4. The Balaban J connectivity index is 1.27. The van der Waals surface area contributed by atoms with Crippen LogP contribution < -0.4 is 5.32 Å². The van der Waals surface area contributed by atoms with Crippen LogP contribution in [0, 0.1) is 0 Å². The molecule has 0 aliphatic carbocycles. The molecule has 3 aliphatic rings. The van der Waals surface area contributed by atoms with Crippen LogP contribution in [0.2, 0.25) is 0 Å². The van der Waals surface area contributed by atoms with Crippen LogP contribution in [0.25, 0.3) is 0 Å². The van der Waals surface area contributed by atoms with E-state index in [1.165, 1.54) is 148 Å². The Labute approximate surface area is 583 Å². The van der Waals surface area contributed by atoms with Gasteiger partial charge in [0.1, 0.15) is 73.2 Å². The Bertz CT molecular complexity index is 2130. The molecule has 0 aromatic carbocycles. The van der Waals surface area contributed by atoms with E-state index in [9.17, 15) is 61.0 Å². The first-order valence-corrected chi connectivity index (χ1v) is 38.0. The maximum Gasteiger partial charge on any atom is 0.220 e. The molecule has 0 bridgehead atoms. The van der Waals surface area contributed by atoms with Crippen molar-refractivity contribution in [1.29, 1.82) is 0 Å². The van der Waals surface area contributed by atoms with Crippen molar-refractivity contribution in [1.82, 2.24) is 5.32 Å².